The molecule has 1 fully saturated rings. The molecule has 2 aromatic carbocycles. The second-order valence-corrected chi connectivity index (χ2v) is 8.43. The van der Waals surface area contributed by atoms with Crippen molar-refractivity contribution in [2.45, 2.75) is 12.6 Å². The minimum absolute atomic E-state index is 0.135. The summed E-state index contributed by atoms with van der Waals surface area (Å²) in [6.45, 7) is 4.12. The average Bonchev–Trinajstić information content (AvgIpc) is 3.33. The Kier molecular flexibility index (Phi) is 6.63. The van der Waals surface area contributed by atoms with Gasteiger partial charge in [-0.1, -0.05) is 61.2 Å². The van der Waals surface area contributed by atoms with Crippen LogP contribution in [0, 0.1) is 5.92 Å². The average molecular weight is 465 g/mol. The van der Waals surface area contributed by atoms with E-state index in [0.717, 1.165) is 5.56 Å². The number of thiocarbonyl (C=S) groups is 1. The summed E-state index contributed by atoms with van der Waals surface area (Å²) in [4.78, 5) is 26.1. The Morgan fingerprint density at radius 2 is 1.78 bits per heavy atom. The Balaban J connectivity index is 1.59. The van der Waals surface area contributed by atoms with E-state index in [1.54, 1.807) is 41.8 Å². The molecular formula is C24H20N2O4S2. The molecule has 0 saturated carbocycles. The van der Waals surface area contributed by atoms with Crippen LogP contribution in [0.4, 0.5) is 0 Å². The molecule has 0 amide bonds. The number of carbonyl (C=O) groups is 2. The molecule has 0 aliphatic carbocycles. The van der Waals surface area contributed by atoms with E-state index in [2.05, 4.69) is 17.2 Å². The smallest absolute Gasteiger partial charge is 0.353 e. The lowest BCUT2D eigenvalue weighted by Gasteiger charge is -2.35. The second-order valence-electron chi connectivity index (χ2n) is 7.08. The second kappa shape index (κ2) is 9.76. The quantitative estimate of drug-likeness (QED) is 0.319. The zero-order valence-corrected chi connectivity index (χ0v) is 18.6. The van der Waals surface area contributed by atoms with Crippen LogP contribution in [0.5, 0.6) is 5.75 Å². The van der Waals surface area contributed by atoms with Gasteiger partial charge in [0, 0.05) is 11.3 Å². The summed E-state index contributed by atoms with van der Waals surface area (Å²) >= 11 is 6.59. The number of benzene rings is 2. The van der Waals surface area contributed by atoms with Gasteiger partial charge in [-0.2, -0.15) is 0 Å². The number of hydrogen-bond donors (Lipinski definition) is 2. The predicted molar refractivity (Wildman–Crippen MR) is 126 cm³/mol. The van der Waals surface area contributed by atoms with E-state index in [1.807, 2.05) is 30.3 Å². The minimum Gasteiger partial charge on any atom is -0.460 e. The fourth-order valence-electron chi connectivity index (χ4n) is 3.41. The number of ether oxygens (including phenoxy) is 2. The summed E-state index contributed by atoms with van der Waals surface area (Å²) in [5.41, 5.74) is 1.89. The molecular weight excluding hydrogens is 444 g/mol. The molecule has 0 spiro atoms. The topological polar surface area (TPSA) is 76.7 Å². The van der Waals surface area contributed by atoms with Crippen molar-refractivity contribution in [1.29, 1.82) is 0 Å². The van der Waals surface area contributed by atoms with Crippen molar-refractivity contribution in [2.75, 3.05) is 0 Å². The van der Waals surface area contributed by atoms with Gasteiger partial charge in [0.05, 0.1) is 6.04 Å². The van der Waals surface area contributed by atoms with Crippen molar-refractivity contribution in [1.82, 2.24) is 10.6 Å². The first-order valence-electron chi connectivity index (χ1n) is 9.84. The Hall–Kier alpha value is -3.49. The van der Waals surface area contributed by atoms with Gasteiger partial charge in [-0.15, -0.1) is 11.3 Å². The first-order valence-corrected chi connectivity index (χ1v) is 11.1. The number of rotatable bonds is 6. The number of nitrogens with one attached hydrogen (secondary N) is 2. The van der Waals surface area contributed by atoms with Gasteiger partial charge in [0.25, 0.3) is 0 Å². The SMILES string of the molecule is C=C1NC(=S)NC(c2ccccc2OC(=O)c2cccs2)C1C(=O)OCc1ccccc1. The number of carbonyl (C=O) groups excluding carboxylic acids is 2. The fourth-order valence-corrected chi connectivity index (χ4v) is 4.27. The van der Waals surface area contributed by atoms with Crippen molar-refractivity contribution < 1.29 is 19.1 Å². The van der Waals surface area contributed by atoms with E-state index >= 15 is 0 Å². The lowest BCUT2D eigenvalue weighted by Crippen LogP contribution is -2.51. The van der Waals surface area contributed by atoms with E-state index in [9.17, 15) is 9.59 Å². The molecule has 1 aliphatic heterocycles. The van der Waals surface area contributed by atoms with Crippen LogP contribution in [0.1, 0.15) is 26.8 Å². The van der Waals surface area contributed by atoms with Gasteiger partial charge in [0.15, 0.2) is 5.11 Å². The molecule has 1 aliphatic rings. The highest BCUT2D eigenvalue weighted by Crippen LogP contribution is 2.36. The van der Waals surface area contributed by atoms with Crippen molar-refractivity contribution in [3.63, 3.8) is 0 Å². The molecule has 2 N–H and O–H groups in total. The lowest BCUT2D eigenvalue weighted by molar-refractivity contribution is -0.149. The largest absolute Gasteiger partial charge is 0.460 e. The van der Waals surface area contributed by atoms with Gasteiger partial charge in [0.2, 0.25) is 0 Å². The van der Waals surface area contributed by atoms with Crippen LogP contribution in [0.3, 0.4) is 0 Å². The van der Waals surface area contributed by atoms with Crippen LogP contribution >= 0.6 is 23.6 Å². The highest BCUT2D eigenvalue weighted by atomic mass is 32.1. The van der Waals surface area contributed by atoms with E-state index in [-0.39, 0.29) is 6.61 Å². The van der Waals surface area contributed by atoms with Crippen LogP contribution in [0.2, 0.25) is 0 Å². The summed E-state index contributed by atoms with van der Waals surface area (Å²) in [6.07, 6.45) is 0. The highest BCUT2D eigenvalue weighted by Gasteiger charge is 2.39. The normalized spacial score (nSPS) is 17.8. The zero-order chi connectivity index (χ0) is 22.5. The lowest BCUT2D eigenvalue weighted by atomic mass is 9.88. The Morgan fingerprint density at radius 1 is 1.03 bits per heavy atom. The molecule has 8 heteroatoms. The molecule has 2 heterocycles. The van der Waals surface area contributed by atoms with Gasteiger partial charge < -0.3 is 20.1 Å². The van der Waals surface area contributed by atoms with E-state index in [1.165, 1.54) is 11.3 Å². The molecule has 2 atom stereocenters. The van der Waals surface area contributed by atoms with Gasteiger partial charge >= 0.3 is 11.9 Å². The van der Waals surface area contributed by atoms with Crippen LogP contribution in [-0.2, 0) is 16.1 Å². The number of thiophene rings is 1. The molecule has 1 aromatic heterocycles. The van der Waals surface area contributed by atoms with Gasteiger partial charge in [0.1, 0.15) is 23.2 Å². The van der Waals surface area contributed by atoms with Gasteiger partial charge in [-0.05, 0) is 35.3 Å². The van der Waals surface area contributed by atoms with E-state index in [4.69, 9.17) is 21.7 Å². The summed E-state index contributed by atoms with van der Waals surface area (Å²) < 4.78 is 11.2. The molecule has 162 valence electrons. The summed E-state index contributed by atoms with van der Waals surface area (Å²) in [5.74, 6) is -1.38. The summed E-state index contributed by atoms with van der Waals surface area (Å²) in [5, 5.41) is 8.15. The summed E-state index contributed by atoms with van der Waals surface area (Å²) in [6, 6.07) is 19.3. The Bertz CT molecular complexity index is 1150. The molecule has 4 rings (SSSR count). The Labute approximate surface area is 194 Å². The standard InChI is InChI=1S/C24H20N2O4S2/c1-15-20(23(28)29-14-16-8-3-2-4-9-16)21(26-24(31)25-15)17-10-5-6-11-18(17)30-22(27)19-12-7-13-32-19/h2-13,20-21H,1,14H2,(H2,25,26,31). The molecule has 2 unspecified atom stereocenters. The van der Waals surface area contributed by atoms with Gasteiger partial charge in [-0.25, -0.2) is 4.79 Å². The molecule has 32 heavy (non-hydrogen) atoms. The molecule has 1 saturated heterocycles. The van der Waals surface area contributed by atoms with Crippen LogP contribution < -0.4 is 15.4 Å². The predicted octanol–water partition coefficient (Wildman–Crippen LogP) is 4.36. The van der Waals surface area contributed by atoms with Gasteiger partial charge in [-0.3, -0.25) is 4.79 Å². The fraction of sp³-hybridized carbons (Fsp3) is 0.125. The van der Waals surface area contributed by atoms with Crippen LogP contribution in [0.15, 0.2) is 84.4 Å². The monoisotopic (exact) mass is 464 g/mol. The van der Waals surface area contributed by atoms with Crippen molar-refractivity contribution in [2.24, 2.45) is 5.92 Å². The first kappa shape index (κ1) is 21.7. The third kappa shape index (κ3) is 4.87. The molecule has 0 radical (unpaired) electrons. The zero-order valence-electron chi connectivity index (χ0n) is 16.9. The Morgan fingerprint density at radius 3 is 2.53 bits per heavy atom. The van der Waals surface area contributed by atoms with Crippen LogP contribution in [-0.4, -0.2) is 17.1 Å². The van der Waals surface area contributed by atoms with Crippen molar-refractivity contribution >= 4 is 40.6 Å². The van der Waals surface area contributed by atoms with Crippen molar-refractivity contribution in [3.8, 4) is 5.75 Å². The van der Waals surface area contributed by atoms with Crippen LogP contribution in [0.25, 0.3) is 0 Å². The van der Waals surface area contributed by atoms with E-state index < -0.39 is 23.9 Å². The molecule has 3 aromatic rings. The maximum atomic E-state index is 13.1. The van der Waals surface area contributed by atoms with Crippen molar-refractivity contribution in [3.05, 3.63) is 100 Å². The molecule has 6 nitrogen and oxygen atoms in total. The third-order valence-corrected chi connectivity index (χ3v) is 6.00. The number of esters is 2. The number of hydrogen-bond acceptors (Lipinski definition) is 6. The highest BCUT2D eigenvalue weighted by molar-refractivity contribution is 7.80. The maximum absolute atomic E-state index is 13.1. The third-order valence-electron chi connectivity index (χ3n) is 4.93. The summed E-state index contributed by atoms with van der Waals surface area (Å²) in [7, 11) is 0. The maximum Gasteiger partial charge on any atom is 0.353 e. The minimum atomic E-state index is -0.785. The first-order chi connectivity index (χ1) is 15.5. The van der Waals surface area contributed by atoms with E-state index in [0.29, 0.717) is 27.0 Å². The number of para-hydroxylation sites is 1. The molecule has 0 bridgehead atoms.